The smallest absolute Gasteiger partial charge is 0.497 e. The molecule has 9 nitrogen and oxygen atoms in total. The molecule has 0 bridgehead atoms. The summed E-state index contributed by atoms with van der Waals surface area (Å²) in [7, 11) is 1.54. The lowest BCUT2D eigenvalue weighted by atomic mass is 9.93. The summed E-state index contributed by atoms with van der Waals surface area (Å²) in [5.41, 5.74) is 1.38. The number of methoxy groups -OCH3 is 1. The van der Waals surface area contributed by atoms with E-state index in [4.69, 9.17) is 9.47 Å². The maximum Gasteiger partial charge on any atom is 0.573 e. The van der Waals surface area contributed by atoms with E-state index in [1.54, 1.807) is 42.0 Å². The first-order valence-corrected chi connectivity index (χ1v) is 13.9. The van der Waals surface area contributed by atoms with Crippen molar-refractivity contribution in [2.24, 2.45) is 5.92 Å². The third-order valence-corrected chi connectivity index (χ3v) is 7.90. The van der Waals surface area contributed by atoms with Gasteiger partial charge in [-0.25, -0.2) is 0 Å². The van der Waals surface area contributed by atoms with Crippen molar-refractivity contribution in [1.29, 1.82) is 0 Å². The second-order valence-corrected chi connectivity index (χ2v) is 10.7. The number of hydrogen-bond donors (Lipinski definition) is 1. The second kappa shape index (κ2) is 12.5. The van der Waals surface area contributed by atoms with E-state index >= 15 is 0 Å². The Hall–Kier alpha value is -4.32. The lowest BCUT2D eigenvalue weighted by molar-refractivity contribution is -0.274. The third kappa shape index (κ3) is 6.85. The number of halogens is 3. The molecule has 2 aromatic carbocycles. The molecule has 3 aromatic rings. The number of aromatic nitrogens is 1. The number of pyridine rings is 1. The first kappa shape index (κ1) is 30.1. The van der Waals surface area contributed by atoms with E-state index in [1.807, 2.05) is 6.07 Å². The predicted octanol–water partition coefficient (Wildman–Crippen LogP) is 4.42. The Morgan fingerprint density at radius 2 is 1.65 bits per heavy atom. The van der Waals surface area contributed by atoms with Gasteiger partial charge in [-0.15, -0.1) is 13.2 Å². The molecule has 0 radical (unpaired) electrons. The van der Waals surface area contributed by atoms with E-state index in [0.29, 0.717) is 31.1 Å². The van der Waals surface area contributed by atoms with E-state index in [0.717, 1.165) is 30.5 Å². The molecule has 2 saturated heterocycles. The maximum atomic E-state index is 14.0. The average molecular weight is 600 g/mol. The molecule has 0 aliphatic carbocycles. The van der Waals surface area contributed by atoms with Crippen molar-refractivity contribution in [3.05, 3.63) is 87.8 Å². The molecule has 2 aliphatic rings. The van der Waals surface area contributed by atoms with Crippen LogP contribution in [0.3, 0.4) is 0 Å². The Morgan fingerprint density at radius 3 is 2.28 bits per heavy atom. The van der Waals surface area contributed by atoms with Crippen LogP contribution in [-0.4, -0.2) is 55.7 Å². The van der Waals surface area contributed by atoms with Gasteiger partial charge in [-0.05, 0) is 79.3 Å². The highest BCUT2D eigenvalue weighted by Gasteiger charge is 2.44. The Balaban J connectivity index is 1.44. The molecule has 12 heteroatoms. The summed E-state index contributed by atoms with van der Waals surface area (Å²) in [5.74, 6) is -1.22. The van der Waals surface area contributed by atoms with Crippen LogP contribution in [0.2, 0.25) is 0 Å². The van der Waals surface area contributed by atoms with Gasteiger partial charge < -0.3 is 29.0 Å². The molecule has 2 amide bonds. The molecule has 0 saturated carbocycles. The lowest BCUT2D eigenvalue weighted by Gasteiger charge is -2.24. The topological polar surface area (TPSA) is 99.1 Å². The van der Waals surface area contributed by atoms with Crippen LogP contribution in [0.4, 0.5) is 18.9 Å². The lowest BCUT2D eigenvalue weighted by Crippen LogP contribution is -2.44. The summed E-state index contributed by atoms with van der Waals surface area (Å²) in [4.78, 5) is 42.4. The molecule has 5 rings (SSSR count). The third-order valence-electron chi connectivity index (χ3n) is 7.90. The SMILES string of the molecule is COc1ccc([C@@H]2CN(c3c(C)ccn(CC4CCOCC4)c3=O)C(=O)[C@H]2NC(=O)c2ccc(OC(F)(F)F)cc2)cc1. The average Bonchev–Trinajstić information content (AvgIpc) is 3.30. The minimum Gasteiger partial charge on any atom is -0.497 e. The summed E-state index contributed by atoms with van der Waals surface area (Å²) < 4.78 is 53.9. The molecule has 3 heterocycles. The van der Waals surface area contributed by atoms with Crippen molar-refractivity contribution < 1.29 is 37.0 Å². The van der Waals surface area contributed by atoms with Crippen LogP contribution >= 0.6 is 0 Å². The van der Waals surface area contributed by atoms with Crippen molar-refractivity contribution in [2.75, 3.05) is 31.8 Å². The number of carbonyl (C=O) groups is 2. The number of aryl methyl sites for hydroxylation is 1. The molecule has 2 fully saturated rings. The van der Waals surface area contributed by atoms with Crippen molar-refractivity contribution >= 4 is 17.5 Å². The van der Waals surface area contributed by atoms with Gasteiger partial charge in [-0.3, -0.25) is 14.4 Å². The van der Waals surface area contributed by atoms with Gasteiger partial charge >= 0.3 is 6.36 Å². The van der Waals surface area contributed by atoms with Crippen molar-refractivity contribution in [3.8, 4) is 11.5 Å². The van der Waals surface area contributed by atoms with Crippen LogP contribution < -0.4 is 25.2 Å². The first-order valence-electron chi connectivity index (χ1n) is 13.9. The summed E-state index contributed by atoms with van der Waals surface area (Å²) in [6.07, 6.45) is -1.44. The highest BCUT2D eigenvalue weighted by atomic mass is 19.4. The van der Waals surface area contributed by atoms with Crippen molar-refractivity contribution in [1.82, 2.24) is 9.88 Å². The molecular weight excluding hydrogens is 567 g/mol. The Morgan fingerprint density at radius 1 is 1.00 bits per heavy atom. The minimum absolute atomic E-state index is 0.0453. The molecule has 2 atom stereocenters. The van der Waals surface area contributed by atoms with Crippen LogP contribution in [0, 0.1) is 12.8 Å². The van der Waals surface area contributed by atoms with Gasteiger partial charge in [0.2, 0.25) is 5.91 Å². The zero-order valence-electron chi connectivity index (χ0n) is 23.7. The zero-order chi connectivity index (χ0) is 30.7. The van der Waals surface area contributed by atoms with Gasteiger partial charge in [-0.1, -0.05) is 12.1 Å². The standard InChI is InChI=1S/C31H32F3N3O6/c1-19-11-14-36(17-20-12-15-42-16-13-20)30(40)27(19)37-18-25(21-3-7-23(41-2)8-4-21)26(29(37)39)35-28(38)22-5-9-24(10-6-22)43-31(32,33)34/h3-11,14,20,25-26H,12-13,15-18H2,1-2H3,(H,35,38)/t25-,26-/m0/s1. The van der Waals surface area contributed by atoms with Crippen molar-refractivity contribution in [3.63, 3.8) is 0 Å². The van der Waals surface area contributed by atoms with Crippen LogP contribution in [0.5, 0.6) is 11.5 Å². The number of carbonyl (C=O) groups excluding carboxylic acids is 2. The number of anilines is 1. The summed E-state index contributed by atoms with van der Waals surface area (Å²) in [5, 5.41) is 2.76. The predicted molar refractivity (Wildman–Crippen MR) is 151 cm³/mol. The summed E-state index contributed by atoms with van der Waals surface area (Å²) in [6.45, 7) is 3.69. The highest BCUT2D eigenvalue weighted by molar-refractivity contribution is 6.05. The normalized spacial score (nSPS) is 19.4. The van der Waals surface area contributed by atoms with Gasteiger partial charge in [0.05, 0.1) is 7.11 Å². The number of hydrogen-bond acceptors (Lipinski definition) is 6. The van der Waals surface area contributed by atoms with Crippen LogP contribution in [0.15, 0.2) is 65.6 Å². The largest absolute Gasteiger partial charge is 0.573 e. The molecule has 0 spiro atoms. The van der Waals surface area contributed by atoms with Gasteiger partial charge in [0.15, 0.2) is 0 Å². The maximum absolute atomic E-state index is 14.0. The summed E-state index contributed by atoms with van der Waals surface area (Å²) in [6, 6.07) is 12.3. The van der Waals surface area contributed by atoms with Crippen LogP contribution in [0.1, 0.15) is 40.2 Å². The molecular formula is C31H32F3N3O6. The van der Waals surface area contributed by atoms with E-state index in [1.165, 1.54) is 24.1 Å². The Kier molecular flexibility index (Phi) is 8.77. The van der Waals surface area contributed by atoms with Crippen LogP contribution in [-0.2, 0) is 16.1 Å². The zero-order valence-corrected chi connectivity index (χ0v) is 23.7. The summed E-state index contributed by atoms with van der Waals surface area (Å²) >= 11 is 0. The minimum atomic E-state index is -4.87. The Bertz CT molecular complexity index is 1520. The fourth-order valence-corrected chi connectivity index (χ4v) is 5.61. The fourth-order valence-electron chi connectivity index (χ4n) is 5.61. The van der Waals surface area contributed by atoms with E-state index in [-0.39, 0.29) is 29.3 Å². The molecule has 228 valence electrons. The quantitative estimate of drug-likeness (QED) is 0.412. The van der Waals surface area contributed by atoms with Gasteiger partial charge in [-0.2, -0.15) is 0 Å². The van der Waals surface area contributed by atoms with Crippen LogP contribution in [0.25, 0.3) is 0 Å². The van der Waals surface area contributed by atoms with E-state index < -0.39 is 35.9 Å². The number of nitrogens with zero attached hydrogens (tertiary/aromatic N) is 2. The number of alkyl halides is 3. The highest BCUT2D eigenvalue weighted by Crippen LogP contribution is 2.34. The fraction of sp³-hybridized carbons (Fsp3) is 0.387. The number of nitrogens with one attached hydrogen (secondary N) is 1. The number of amides is 2. The second-order valence-electron chi connectivity index (χ2n) is 10.7. The van der Waals surface area contributed by atoms with Gasteiger partial charge in [0.1, 0.15) is 23.2 Å². The molecule has 0 unspecified atom stereocenters. The number of benzene rings is 2. The van der Waals surface area contributed by atoms with Gasteiger partial charge in [0, 0.05) is 44.0 Å². The molecule has 1 N–H and O–H groups in total. The Labute approximate surface area is 246 Å². The molecule has 2 aliphatic heterocycles. The van der Waals surface area contributed by atoms with Gasteiger partial charge in [0.25, 0.3) is 11.5 Å². The number of rotatable bonds is 8. The monoisotopic (exact) mass is 599 g/mol. The van der Waals surface area contributed by atoms with Crippen molar-refractivity contribution in [2.45, 2.75) is 44.6 Å². The first-order chi connectivity index (χ1) is 20.5. The molecule has 1 aromatic heterocycles. The molecule has 43 heavy (non-hydrogen) atoms. The van der Waals surface area contributed by atoms with E-state index in [2.05, 4.69) is 10.1 Å². The number of ether oxygens (including phenoxy) is 3. The van der Waals surface area contributed by atoms with E-state index in [9.17, 15) is 27.6 Å².